The normalized spacial score (nSPS) is 23.7. The molecule has 1 atom stereocenters. The number of hydrogen-bond donors (Lipinski definition) is 2. The predicted molar refractivity (Wildman–Crippen MR) is 74.6 cm³/mol. The highest BCUT2D eigenvalue weighted by Crippen LogP contribution is 2.41. The number of benzene rings is 1. The van der Waals surface area contributed by atoms with E-state index < -0.39 is 0 Å². The molecule has 1 unspecified atom stereocenters. The summed E-state index contributed by atoms with van der Waals surface area (Å²) in [7, 11) is 0. The quantitative estimate of drug-likeness (QED) is 0.763. The molecule has 0 spiro atoms. The molecule has 0 radical (unpaired) electrons. The van der Waals surface area contributed by atoms with E-state index in [9.17, 15) is 5.11 Å². The minimum Gasteiger partial charge on any atom is -0.506 e. The van der Waals surface area contributed by atoms with E-state index in [1.54, 1.807) is 0 Å². The Labute approximate surface area is 113 Å². The van der Waals surface area contributed by atoms with Crippen molar-refractivity contribution >= 4 is 11.6 Å². The molecule has 2 aliphatic rings. The van der Waals surface area contributed by atoms with E-state index in [0.717, 1.165) is 37.9 Å². The SMILES string of the molecule is Oc1c(C2CCNC2)cc2c(c1Cl)CCCCC2. The minimum absolute atomic E-state index is 0.339. The Morgan fingerprint density at radius 2 is 2.06 bits per heavy atom. The van der Waals surface area contributed by atoms with Gasteiger partial charge in [0.2, 0.25) is 0 Å². The van der Waals surface area contributed by atoms with E-state index in [1.807, 2.05) is 0 Å². The Kier molecular flexibility index (Phi) is 3.49. The fraction of sp³-hybridized carbons (Fsp3) is 0.600. The molecule has 1 saturated heterocycles. The Morgan fingerprint density at radius 3 is 2.83 bits per heavy atom. The van der Waals surface area contributed by atoms with Crippen LogP contribution in [-0.2, 0) is 12.8 Å². The molecule has 1 aromatic carbocycles. The van der Waals surface area contributed by atoms with Crippen LogP contribution in [0.4, 0.5) is 0 Å². The van der Waals surface area contributed by atoms with Crippen molar-refractivity contribution < 1.29 is 5.11 Å². The molecule has 98 valence electrons. The van der Waals surface area contributed by atoms with Crippen molar-refractivity contribution in [2.45, 2.75) is 44.4 Å². The summed E-state index contributed by atoms with van der Waals surface area (Å²) in [6.07, 6.45) is 6.94. The molecule has 0 amide bonds. The second kappa shape index (κ2) is 5.10. The van der Waals surface area contributed by atoms with E-state index in [2.05, 4.69) is 11.4 Å². The fourth-order valence-electron chi connectivity index (χ4n) is 3.27. The van der Waals surface area contributed by atoms with E-state index in [0.29, 0.717) is 16.7 Å². The minimum atomic E-state index is 0.339. The van der Waals surface area contributed by atoms with E-state index in [-0.39, 0.29) is 0 Å². The molecule has 0 aromatic heterocycles. The van der Waals surface area contributed by atoms with Crippen molar-refractivity contribution in [2.24, 2.45) is 0 Å². The number of nitrogens with one attached hydrogen (secondary N) is 1. The van der Waals surface area contributed by atoms with Gasteiger partial charge >= 0.3 is 0 Å². The third-order valence-electron chi connectivity index (χ3n) is 4.34. The second-order valence-electron chi connectivity index (χ2n) is 5.52. The van der Waals surface area contributed by atoms with E-state index in [1.165, 1.54) is 30.4 Å². The molecule has 1 heterocycles. The lowest BCUT2D eigenvalue weighted by molar-refractivity contribution is 0.462. The maximum atomic E-state index is 10.3. The first-order valence-corrected chi connectivity index (χ1v) is 7.39. The van der Waals surface area contributed by atoms with Crippen LogP contribution in [0, 0.1) is 0 Å². The molecular formula is C15H20ClNO. The number of phenolic OH excluding ortho intramolecular Hbond substituents is 1. The Morgan fingerprint density at radius 1 is 1.22 bits per heavy atom. The van der Waals surface area contributed by atoms with Crippen molar-refractivity contribution in [3.63, 3.8) is 0 Å². The predicted octanol–water partition coefficient (Wildman–Crippen LogP) is 3.39. The largest absolute Gasteiger partial charge is 0.506 e. The first-order chi connectivity index (χ1) is 8.77. The van der Waals surface area contributed by atoms with Crippen molar-refractivity contribution in [3.8, 4) is 5.75 Å². The summed E-state index contributed by atoms with van der Waals surface area (Å²) in [6, 6.07) is 2.22. The Hall–Kier alpha value is -0.730. The van der Waals surface area contributed by atoms with Crippen LogP contribution in [-0.4, -0.2) is 18.2 Å². The first-order valence-electron chi connectivity index (χ1n) is 7.01. The summed E-state index contributed by atoms with van der Waals surface area (Å²) >= 11 is 6.40. The van der Waals surface area contributed by atoms with Gasteiger partial charge < -0.3 is 10.4 Å². The number of phenols is 1. The van der Waals surface area contributed by atoms with Crippen LogP contribution in [0.25, 0.3) is 0 Å². The second-order valence-corrected chi connectivity index (χ2v) is 5.89. The number of rotatable bonds is 1. The molecule has 18 heavy (non-hydrogen) atoms. The summed E-state index contributed by atoms with van der Waals surface area (Å²) in [5.41, 5.74) is 3.63. The maximum Gasteiger partial charge on any atom is 0.137 e. The highest BCUT2D eigenvalue weighted by Gasteiger charge is 2.24. The van der Waals surface area contributed by atoms with Gasteiger partial charge in [-0.15, -0.1) is 0 Å². The van der Waals surface area contributed by atoms with Crippen molar-refractivity contribution in [1.82, 2.24) is 5.32 Å². The zero-order chi connectivity index (χ0) is 12.5. The topological polar surface area (TPSA) is 32.3 Å². The Balaban J connectivity index is 2.05. The molecule has 1 aromatic rings. The standard InChI is InChI=1S/C15H20ClNO/c16-14-12-5-3-1-2-4-10(12)8-13(15(14)18)11-6-7-17-9-11/h8,11,17-18H,1-7,9H2. The van der Waals surface area contributed by atoms with Gasteiger partial charge in [-0.2, -0.15) is 0 Å². The van der Waals surface area contributed by atoms with Crippen LogP contribution in [0.15, 0.2) is 6.07 Å². The van der Waals surface area contributed by atoms with Gasteiger partial charge in [-0.3, -0.25) is 0 Å². The average Bonchev–Trinajstić information content (AvgIpc) is 2.79. The summed E-state index contributed by atoms with van der Waals surface area (Å²) in [6.45, 7) is 2.00. The molecule has 3 rings (SSSR count). The third-order valence-corrected chi connectivity index (χ3v) is 4.74. The Bertz CT molecular complexity index is 452. The lowest BCUT2D eigenvalue weighted by atomic mass is 9.91. The maximum absolute atomic E-state index is 10.3. The molecule has 3 heteroatoms. The zero-order valence-corrected chi connectivity index (χ0v) is 11.4. The fourth-order valence-corrected chi connectivity index (χ4v) is 3.60. The molecule has 0 bridgehead atoms. The number of halogens is 1. The molecule has 0 saturated carbocycles. The van der Waals surface area contributed by atoms with Crippen molar-refractivity contribution in [1.29, 1.82) is 0 Å². The van der Waals surface area contributed by atoms with Gasteiger partial charge in [0.25, 0.3) is 0 Å². The molecule has 1 aliphatic heterocycles. The third kappa shape index (κ3) is 2.12. The van der Waals surface area contributed by atoms with Crippen LogP contribution in [0.5, 0.6) is 5.75 Å². The number of fused-ring (bicyclic) bond motifs is 1. The van der Waals surface area contributed by atoms with Gasteiger partial charge in [-0.25, -0.2) is 0 Å². The summed E-state index contributed by atoms with van der Waals surface area (Å²) in [5, 5.41) is 14.3. The van der Waals surface area contributed by atoms with Crippen molar-refractivity contribution in [3.05, 3.63) is 27.8 Å². The van der Waals surface area contributed by atoms with E-state index in [4.69, 9.17) is 11.6 Å². The zero-order valence-electron chi connectivity index (χ0n) is 10.6. The summed E-state index contributed by atoms with van der Waals surface area (Å²) < 4.78 is 0. The van der Waals surface area contributed by atoms with Gasteiger partial charge in [0, 0.05) is 18.0 Å². The lowest BCUT2D eigenvalue weighted by Crippen LogP contribution is -2.09. The van der Waals surface area contributed by atoms with Gasteiger partial charge in [0.05, 0.1) is 5.02 Å². The average molecular weight is 266 g/mol. The van der Waals surface area contributed by atoms with Crippen LogP contribution in [0.2, 0.25) is 5.02 Å². The van der Waals surface area contributed by atoms with Crippen molar-refractivity contribution in [2.75, 3.05) is 13.1 Å². The molecule has 2 N–H and O–H groups in total. The molecular weight excluding hydrogens is 246 g/mol. The van der Waals surface area contributed by atoms with Gasteiger partial charge in [0.1, 0.15) is 5.75 Å². The lowest BCUT2D eigenvalue weighted by Gasteiger charge is -2.17. The van der Waals surface area contributed by atoms with E-state index >= 15 is 0 Å². The molecule has 1 fully saturated rings. The van der Waals surface area contributed by atoms with Gasteiger partial charge in [0.15, 0.2) is 0 Å². The van der Waals surface area contributed by atoms with Crippen LogP contribution in [0.1, 0.15) is 48.3 Å². The van der Waals surface area contributed by atoms with Gasteiger partial charge in [-0.05, 0) is 49.8 Å². The van der Waals surface area contributed by atoms with Crippen LogP contribution < -0.4 is 5.32 Å². The monoisotopic (exact) mass is 265 g/mol. The van der Waals surface area contributed by atoms with Crippen LogP contribution >= 0.6 is 11.6 Å². The number of aromatic hydroxyl groups is 1. The highest BCUT2D eigenvalue weighted by atomic mass is 35.5. The number of aryl methyl sites for hydroxylation is 1. The number of hydrogen-bond acceptors (Lipinski definition) is 2. The van der Waals surface area contributed by atoms with Crippen LogP contribution in [0.3, 0.4) is 0 Å². The highest BCUT2D eigenvalue weighted by molar-refractivity contribution is 6.33. The molecule has 1 aliphatic carbocycles. The summed E-state index contributed by atoms with van der Waals surface area (Å²) in [5.74, 6) is 0.766. The first kappa shape index (κ1) is 12.3. The summed E-state index contributed by atoms with van der Waals surface area (Å²) in [4.78, 5) is 0. The smallest absolute Gasteiger partial charge is 0.137 e. The van der Waals surface area contributed by atoms with Gasteiger partial charge in [-0.1, -0.05) is 24.1 Å². The molecule has 2 nitrogen and oxygen atoms in total.